The Morgan fingerprint density at radius 1 is 1.59 bits per heavy atom. The fraction of sp³-hybridized carbons (Fsp3) is 0.455. The van der Waals surface area contributed by atoms with E-state index < -0.39 is 16.3 Å². The van der Waals surface area contributed by atoms with Gasteiger partial charge in [0.2, 0.25) is 0 Å². The minimum atomic E-state index is -0.805. The fourth-order valence-electron chi connectivity index (χ4n) is 1.96. The van der Waals surface area contributed by atoms with Crippen molar-refractivity contribution in [2.75, 3.05) is 18.0 Å². The molecule has 1 saturated heterocycles. The lowest BCUT2D eigenvalue weighted by molar-refractivity contribution is -0.384. The Morgan fingerprint density at radius 3 is 2.76 bits per heavy atom. The van der Waals surface area contributed by atoms with Crippen molar-refractivity contribution >= 4 is 11.4 Å². The van der Waals surface area contributed by atoms with Gasteiger partial charge in [-0.15, -0.1) is 0 Å². The average molecular weight is 240 g/mol. The fourth-order valence-corrected chi connectivity index (χ4v) is 1.96. The topological polar surface area (TPSA) is 66.6 Å². The van der Waals surface area contributed by atoms with E-state index in [9.17, 15) is 19.6 Å². The number of β-amino-alcohol motifs (C(OH)–C–C–N with tert-alkyl or cyclic N) is 1. The van der Waals surface area contributed by atoms with E-state index in [1.807, 2.05) is 6.92 Å². The number of aliphatic hydroxyl groups is 1. The lowest BCUT2D eigenvalue weighted by Crippen LogP contribution is -2.61. The zero-order valence-electron chi connectivity index (χ0n) is 9.39. The predicted molar refractivity (Wildman–Crippen MR) is 60.5 cm³/mol. The van der Waals surface area contributed by atoms with Crippen LogP contribution >= 0.6 is 0 Å². The molecule has 0 aliphatic carbocycles. The van der Waals surface area contributed by atoms with Crippen molar-refractivity contribution in [2.24, 2.45) is 0 Å². The van der Waals surface area contributed by atoms with E-state index in [1.165, 1.54) is 0 Å². The van der Waals surface area contributed by atoms with Crippen LogP contribution in [0.25, 0.3) is 0 Å². The van der Waals surface area contributed by atoms with Crippen LogP contribution in [0.2, 0.25) is 0 Å². The first-order valence-corrected chi connectivity index (χ1v) is 5.36. The first kappa shape index (κ1) is 11.8. The van der Waals surface area contributed by atoms with Gasteiger partial charge >= 0.3 is 0 Å². The largest absolute Gasteiger partial charge is 0.386 e. The smallest absolute Gasteiger partial charge is 0.292 e. The van der Waals surface area contributed by atoms with E-state index in [4.69, 9.17) is 0 Å². The second-order valence-electron chi connectivity index (χ2n) is 4.32. The normalized spacial score (nSPS) is 17.7. The SMILES string of the molecule is CCC1(O)CN(c2cc(F)ccc2[N+](=O)[O-])C1. The molecule has 92 valence electrons. The molecule has 2 rings (SSSR count). The summed E-state index contributed by atoms with van der Waals surface area (Å²) in [5, 5.41) is 20.6. The van der Waals surface area contributed by atoms with Gasteiger partial charge in [-0.25, -0.2) is 4.39 Å². The van der Waals surface area contributed by atoms with Crippen LogP contribution in [0.3, 0.4) is 0 Å². The van der Waals surface area contributed by atoms with Crippen molar-refractivity contribution in [3.63, 3.8) is 0 Å². The van der Waals surface area contributed by atoms with Gasteiger partial charge in [-0.05, 0) is 12.5 Å². The molecular weight excluding hydrogens is 227 g/mol. The second-order valence-corrected chi connectivity index (χ2v) is 4.32. The van der Waals surface area contributed by atoms with Crippen LogP contribution < -0.4 is 4.90 Å². The summed E-state index contributed by atoms with van der Waals surface area (Å²) in [7, 11) is 0. The molecular formula is C11H13FN2O3. The lowest BCUT2D eigenvalue weighted by atomic mass is 9.90. The van der Waals surface area contributed by atoms with Gasteiger partial charge in [0.15, 0.2) is 0 Å². The summed E-state index contributed by atoms with van der Waals surface area (Å²) in [5.74, 6) is -0.516. The Balaban J connectivity index is 2.27. The maximum Gasteiger partial charge on any atom is 0.292 e. The highest BCUT2D eigenvalue weighted by atomic mass is 19.1. The van der Waals surface area contributed by atoms with Crippen LogP contribution in [-0.4, -0.2) is 28.7 Å². The van der Waals surface area contributed by atoms with Gasteiger partial charge in [-0.3, -0.25) is 10.1 Å². The first-order chi connectivity index (χ1) is 7.95. The van der Waals surface area contributed by atoms with Crippen LogP contribution in [0.1, 0.15) is 13.3 Å². The molecule has 0 spiro atoms. The summed E-state index contributed by atoms with van der Waals surface area (Å²) < 4.78 is 13.1. The summed E-state index contributed by atoms with van der Waals surface area (Å²) >= 11 is 0. The van der Waals surface area contributed by atoms with E-state index in [-0.39, 0.29) is 11.4 Å². The van der Waals surface area contributed by atoms with Crippen LogP contribution in [0.4, 0.5) is 15.8 Å². The molecule has 0 saturated carbocycles. The molecule has 1 N–H and O–H groups in total. The maximum atomic E-state index is 13.1. The second kappa shape index (κ2) is 3.96. The lowest BCUT2D eigenvalue weighted by Gasteiger charge is -2.47. The standard InChI is InChI=1S/C11H13FN2O3/c1-2-11(15)6-13(7-11)10-5-8(12)3-4-9(10)14(16)17/h3-5,15H,2,6-7H2,1H3. The third-order valence-electron chi connectivity index (χ3n) is 3.10. The number of hydrogen-bond acceptors (Lipinski definition) is 4. The molecule has 0 amide bonds. The number of halogens is 1. The highest BCUT2D eigenvalue weighted by molar-refractivity contribution is 5.65. The summed E-state index contributed by atoms with van der Waals surface area (Å²) in [4.78, 5) is 11.9. The number of nitro benzene ring substituents is 1. The highest BCUT2D eigenvalue weighted by Crippen LogP contribution is 2.36. The molecule has 0 unspecified atom stereocenters. The molecule has 6 heteroatoms. The van der Waals surface area contributed by atoms with E-state index in [1.54, 1.807) is 4.90 Å². The molecule has 1 aromatic carbocycles. The zero-order valence-corrected chi connectivity index (χ0v) is 9.39. The van der Waals surface area contributed by atoms with Crippen LogP contribution in [0, 0.1) is 15.9 Å². The Hall–Kier alpha value is -1.69. The van der Waals surface area contributed by atoms with Gasteiger partial charge in [0.05, 0.1) is 10.5 Å². The van der Waals surface area contributed by atoms with Crippen LogP contribution in [0.15, 0.2) is 18.2 Å². The van der Waals surface area contributed by atoms with Gasteiger partial charge < -0.3 is 10.0 Å². The highest BCUT2D eigenvalue weighted by Gasteiger charge is 2.41. The van der Waals surface area contributed by atoms with Gasteiger partial charge in [-0.2, -0.15) is 0 Å². The molecule has 0 atom stereocenters. The molecule has 0 aromatic heterocycles. The Bertz CT molecular complexity index is 458. The average Bonchev–Trinajstić information content (AvgIpc) is 2.24. The Labute approximate surface area is 97.6 Å². The molecule has 1 heterocycles. The van der Waals surface area contributed by atoms with E-state index in [2.05, 4.69) is 0 Å². The van der Waals surface area contributed by atoms with Crippen molar-refractivity contribution in [1.29, 1.82) is 0 Å². The molecule has 1 aliphatic heterocycles. The van der Waals surface area contributed by atoms with Gasteiger partial charge in [0.1, 0.15) is 11.5 Å². The quantitative estimate of drug-likeness (QED) is 0.645. The zero-order chi connectivity index (χ0) is 12.6. The number of nitrogens with zero attached hydrogens (tertiary/aromatic N) is 2. The van der Waals surface area contributed by atoms with Gasteiger partial charge in [0, 0.05) is 25.2 Å². The van der Waals surface area contributed by atoms with Crippen molar-refractivity contribution in [1.82, 2.24) is 0 Å². The molecule has 0 bridgehead atoms. The molecule has 5 nitrogen and oxygen atoms in total. The number of hydrogen-bond donors (Lipinski definition) is 1. The monoisotopic (exact) mass is 240 g/mol. The van der Waals surface area contributed by atoms with Gasteiger partial charge in [-0.1, -0.05) is 6.92 Å². The third kappa shape index (κ3) is 2.08. The Kier molecular flexibility index (Phi) is 2.74. The molecule has 0 radical (unpaired) electrons. The number of benzene rings is 1. The molecule has 1 fully saturated rings. The van der Waals surface area contributed by atoms with Crippen LogP contribution in [0.5, 0.6) is 0 Å². The minimum absolute atomic E-state index is 0.135. The summed E-state index contributed by atoms with van der Waals surface area (Å²) in [5.41, 5.74) is -0.710. The van der Waals surface area contributed by atoms with Crippen molar-refractivity contribution in [3.05, 3.63) is 34.1 Å². The summed E-state index contributed by atoms with van der Waals surface area (Å²) in [6.07, 6.45) is 0.576. The minimum Gasteiger partial charge on any atom is -0.386 e. The van der Waals surface area contributed by atoms with E-state index in [0.29, 0.717) is 19.5 Å². The van der Waals surface area contributed by atoms with Crippen molar-refractivity contribution in [2.45, 2.75) is 18.9 Å². The Morgan fingerprint density at radius 2 is 2.24 bits per heavy atom. The molecule has 1 aromatic rings. The number of rotatable bonds is 3. The van der Waals surface area contributed by atoms with Crippen molar-refractivity contribution < 1.29 is 14.4 Å². The van der Waals surface area contributed by atoms with Crippen molar-refractivity contribution in [3.8, 4) is 0 Å². The van der Waals surface area contributed by atoms with Gasteiger partial charge in [0.25, 0.3) is 5.69 Å². The molecule has 17 heavy (non-hydrogen) atoms. The summed E-state index contributed by atoms with van der Waals surface area (Å²) in [6, 6.07) is 3.34. The first-order valence-electron chi connectivity index (χ1n) is 5.36. The maximum absolute atomic E-state index is 13.1. The summed E-state index contributed by atoms with van der Waals surface area (Å²) in [6.45, 7) is 2.44. The number of nitro groups is 1. The predicted octanol–water partition coefficient (Wildman–Crippen LogP) is 1.69. The van der Waals surface area contributed by atoms with E-state index >= 15 is 0 Å². The molecule has 1 aliphatic rings. The number of anilines is 1. The van der Waals surface area contributed by atoms with Crippen LogP contribution in [-0.2, 0) is 0 Å². The van der Waals surface area contributed by atoms with E-state index in [0.717, 1.165) is 18.2 Å². The third-order valence-corrected chi connectivity index (χ3v) is 3.10.